The van der Waals surface area contributed by atoms with E-state index in [9.17, 15) is 9.59 Å². The van der Waals surface area contributed by atoms with E-state index in [1.165, 1.54) is 10.6 Å². The number of nitrogens with one attached hydrogen (secondary N) is 1. The molecule has 0 spiro atoms. The third kappa shape index (κ3) is 2.19. The lowest BCUT2D eigenvalue weighted by Crippen LogP contribution is -2.39. The van der Waals surface area contributed by atoms with Gasteiger partial charge < -0.3 is 5.32 Å². The molecule has 1 amide bonds. The van der Waals surface area contributed by atoms with Gasteiger partial charge in [-0.25, -0.2) is 4.98 Å². The number of nitrogens with zero attached hydrogens (tertiary/aromatic N) is 2. The summed E-state index contributed by atoms with van der Waals surface area (Å²) in [5.41, 5.74) is 0.329. The molecule has 0 aromatic carbocycles. The Balaban J connectivity index is 1.92. The molecule has 2 heterocycles. The van der Waals surface area contributed by atoms with Gasteiger partial charge in [0.05, 0.1) is 0 Å². The zero-order chi connectivity index (χ0) is 14.1. The molecule has 20 heavy (non-hydrogen) atoms. The quantitative estimate of drug-likeness (QED) is 0.902. The first-order valence-corrected chi connectivity index (χ1v) is 6.94. The number of carbonyl (C=O) groups excluding carboxylic acids is 1. The fraction of sp³-hybridized carbons (Fsp3) is 0.400. The molecule has 1 aliphatic rings. The number of rotatable bonds is 2. The second-order valence-corrected chi connectivity index (χ2v) is 5.39. The molecule has 5 nitrogen and oxygen atoms in total. The van der Waals surface area contributed by atoms with Crippen molar-refractivity contribution in [3.63, 3.8) is 0 Å². The van der Waals surface area contributed by atoms with E-state index in [0.717, 1.165) is 19.3 Å². The molecule has 2 atom stereocenters. The molecule has 1 saturated carbocycles. The summed E-state index contributed by atoms with van der Waals surface area (Å²) < 4.78 is 1.40. The molecule has 104 valence electrons. The average Bonchev–Trinajstić information content (AvgIpc) is 2.85. The fourth-order valence-electron chi connectivity index (χ4n) is 2.79. The maximum absolute atomic E-state index is 12.3. The highest BCUT2D eigenvalue weighted by molar-refractivity contribution is 5.93. The number of pyridine rings is 1. The van der Waals surface area contributed by atoms with Crippen LogP contribution in [0.1, 0.15) is 36.5 Å². The van der Waals surface area contributed by atoms with Crippen LogP contribution in [0.5, 0.6) is 0 Å². The summed E-state index contributed by atoms with van der Waals surface area (Å²) in [4.78, 5) is 28.7. The Hall–Kier alpha value is -2.17. The van der Waals surface area contributed by atoms with Gasteiger partial charge in [-0.2, -0.15) is 0 Å². The number of aromatic nitrogens is 2. The summed E-state index contributed by atoms with van der Waals surface area (Å²) in [7, 11) is 0. The topological polar surface area (TPSA) is 63.5 Å². The first-order valence-electron chi connectivity index (χ1n) is 6.94. The van der Waals surface area contributed by atoms with Gasteiger partial charge in [-0.05, 0) is 30.9 Å². The second-order valence-electron chi connectivity index (χ2n) is 5.39. The third-order valence-electron chi connectivity index (χ3n) is 4.04. The predicted molar refractivity (Wildman–Crippen MR) is 75.7 cm³/mol. The number of hydrogen-bond donors (Lipinski definition) is 1. The van der Waals surface area contributed by atoms with E-state index in [0.29, 0.717) is 11.6 Å². The van der Waals surface area contributed by atoms with Crippen LogP contribution in [0.3, 0.4) is 0 Å². The summed E-state index contributed by atoms with van der Waals surface area (Å²) >= 11 is 0. The van der Waals surface area contributed by atoms with Crippen molar-refractivity contribution >= 4 is 11.6 Å². The highest BCUT2D eigenvalue weighted by atomic mass is 16.2. The molecule has 1 N–H and O–H groups in total. The van der Waals surface area contributed by atoms with E-state index in [4.69, 9.17) is 0 Å². The van der Waals surface area contributed by atoms with E-state index in [-0.39, 0.29) is 23.1 Å². The van der Waals surface area contributed by atoms with Crippen molar-refractivity contribution in [2.45, 2.75) is 32.2 Å². The van der Waals surface area contributed by atoms with Crippen molar-refractivity contribution in [2.75, 3.05) is 0 Å². The molecule has 1 fully saturated rings. The largest absolute Gasteiger partial charge is 0.349 e. The van der Waals surface area contributed by atoms with Crippen LogP contribution in [0.15, 0.2) is 35.4 Å². The molecule has 1 aliphatic carbocycles. The Labute approximate surface area is 116 Å². The Morgan fingerprint density at radius 3 is 3.00 bits per heavy atom. The normalized spacial score (nSPS) is 22.1. The molecule has 0 aliphatic heterocycles. The molecular formula is C15H17N3O2. The van der Waals surface area contributed by atoms with Gasteiger partial charge in [0.25, 0.3) is 11.5 Å². The molecule has 0 saturated heterocycles. The molecule has 2 aromatic rings. The Morgan fingerprint density at radius 1 is 1.40 bits per heavy atom. The Morgan fingerprint density at radius 2 is 2.25 bits per heavy atom. The van der Waals surface area contributed by atoms with Crippen molar-refractivity contribution in [1.82, 2.24) is 14.7 Å². The van der Waals surface area contributed by atoms with Crippen molar-refractivity contribution in [2.24, 2.45) is 5.92 Å². The van der Waals surface area contributed by atoms with Crippen LogP contribution in [-0.2, 0) is 0 Å². The minimum Gasteiger partial charge on any atom is -0.349 e. The molecule has 5 heteroatoms. The van der Waals surface area contributed by atoms with Crippen LogP contribution in [0.2, 0.25) is 0 Å². The SMILES string of the molecule is CC1CCCC1NC(=O)c1cnc2ccccn2c1=O. The monoisotopic (exact) mass is 271 g/mol. The number of hydrogen-bond acceptors (Lipinski definition) is 3. The number of carbonyl (C=O) groups is 1. The fourth-order valence-corrected chi connectivity index (χ4v) is 2.79. The van der Waals surface area contributed by atoms with Gasteiger partial charge in [-0.15, -0.1) is 0 Å². The zero-order valence-corrected chi connectivity index (χ0v) is 11.4. The van der Waals surface area contributed by atoms with E-state index in [1.807, 2.05) is 6.07 Å². The highest BCUT2D eigenvalue weighted by Gasteiger charge is 2.26. The summed E-state index contributed by atoms with van der Waals surface area (Å²) in [5, 5.41) is 2.96. The van der Waals surface area contributed by atoms with Crippen LogP contribution >= 0.6 is 0 Å². The molecule has 0 radical (unpaired) electrons. The maximum atomic E-state index is 12.3. The Kier molecular flexibility index (Phi) is 3.26. The number of fused-ring (bicyclic) bond motifs is 1. The van der Waals surface area contributed by atoms with Crippen LogP contribution < -0.4 is 10.9 Å². The smallest absolute Gasteiger partial charge is 0.270 e. The van der Waals surface area contributed by atoms with Gasteiger partial charge in [0.15, 0.2) is 0 Å². The minimum absolute atomic E-state index is 0.104. The molecule has 0 bridgehead atoms. The Bertz CT molecular complexity index is 708. The first kappa shape index (κ1) is 12.8. The lowest BCUT2D eigenvalue weighted by atomic mass is 10.1. The summed E-state index contributed by atoms with van der Waals surface area (Å²) in [6, 6.07) is 5.46. The summed E-state index contributed by atoms with van der Waals surface area (Å²) in [5.74, 6) is 0.148. The second kappa shape index (κ2) is 5.07. The van der Waals surface area contributed by atoms with Crippen molar-refractivity contribution < 1.29 is 4.79 Å². The van der Waals surface area contributed by atoms with E-state index >= 15 is 0 Å². The zero-order valence-electron chi connectivity index (χ0n) is 11.4. The molecule has 2 unspecified atom stereocenters. The van der Waals surface area contributed by atoms with E-state index in [1.54, 1.807) is 18.3 Å². The van der Waals surface area contributed by atoms with Crippen LogP contribution in [0.25, 0.3) is 5.65 Å². The summed E-state index contributed by atoms with van der Waals surface area (Å²) in [6.45, 7) is 2.13. The third-order valence-corrected chi connectivity index (χ3v) is 4.04. The van der Waals surface area contributed by atoms with Crippen LogP contribution in [-0.4, -0.2) is 21.3 Å². The van der Waals surface area contributed by atoms with Gasteiger partial charge in [-0.1, -0.05) is 19.4 Å². The number of amides is 1. The van der Waals surface area contributed by atoms with Crippen molar-refractivity contribution in [3.8, 4) is 0 Å². The minimum atomic E-state index is -0.321. The lowest BCUT2D eigenvalue weighted by Gasteiger charge is -2.16. The molecule has 2 aromatic heterocycles. The molecular weight excluding hydrogens is 254 g/mol. The van der Waals surface area contributed by atoms with Gasteiger partial charge in [0.2, 0.25) is 0 Å². The van der Waals surface area contributed by atoms with Gasteiger partial charge in [-0.3, -0.25) is 14.0 Å². The van der Waals surface area contributed by atoms with Gasteiger partial charge in [0, 0.05) is 18.4 Å². The average molecular weight is 271 g/mol. The maximum Gasteiger partial charge on any atom is 0.270 e. The van der Waals surface area contributed by atoms with Crippen molar-refractivity contribution in [3.05, 3.63) is 46.5 Å². The van der Waals surface area contributed by atoms with E-state index < -0.39 is 0 Å². The predicted octanol–water partition coefficient (Wildman–Crippen LogP) is 1.61. The van der Waals surface area contributed by atoms with Gasteiger partial charge in [0.1, 0.15) is 11.2 Å². The first-order chi connectivity index (χ1) is 9.66. The molecule has 3 rings (SSSR count). The van der Waals surface area contributed by atoms with Crippen LogP contribution in [0, 0.1) is 5.92 Å². The van der Waals surface area contributed by atoms with Crippen molar-refractivity contribution in [1.29, 1.82) is 0 Å². The summed E-state index contributed by atoms with van der Waals surface area (Å²) in [6.07, 6.45) is 6.22. The lowest BCUT2D eigenvalue weighted by molar-refractivity contribution is 0.0927. The van der Waals surface area contributed by atoms with Gasteiger partial charge >= 0.3 is 0 Å². The van der Waals surface area contributed by atoms with E-state index in [2.05, 4.69) is 17.2 Å². The standard InChI is InChI=1S/C15H17N3O2/c1-10-5-4-6-12(10)17-14(19)11-9-16-13-7-2-3-8-18(13)15(11)20/h2-3,7-10,12H,4-6H2,1H3,(H,17,19). The van der Waals surface area contributed by atoms with Crippen LogP contribution in [0.4, 0.5) is 0 Å². The highest BCUT2D eigenvalue weighted by Crippen LogP contribution is 2.24.